The van der Waals surface area contributed by atoms with Gasteiger partial charge in [0.05, 0.1) is 22.4 Å². The molecule has 7 rings (SSSR count). The molecule has 2 N–H and O–H groups in total. The lowest BCUT2D eigenvalue weighted by molar-refractivity contribution is -0.125. The van der Waals surface area contributed by atoms with Gasteiger partial charge in [0, 0.05) is 67.9 Å². The van der Waals surface area contributed by atoms with Crippen molar-refractivity contribution in [1.82, 2.24) is 29.7 Å². The van der Waals surface area contributed by atoms with Gasteiger partial charge in [0.15, 0.2) is 11.0 Å². The number of aliphatic hydroxyl groups is 1. The fourth-order valence-corrected chi connectivity index (χ4v) is 7.59. The lowest BCUT2D eigenvalue weighted by Crippen LogP contribution is -2.60. The SMILES string of the molecule is C[C@H]1CN(C(=O)c2cc(F)ccn2)CCN1C1CC(C(=O)Nc2nc3ccc(-c4cnc(CO[C@H]5CCC[C@@H]5O)nc4)cc3s2)C1. The Balaban J connectivity index is 0.902. The number of nitrogens with zero attached hydrogens (tertiary/aromatic N) is 6. The van der Waals surface area contributed by atoms with Crippen LogP contribution in [0.4, 0.5) is 9.52 Å². The van der Waals surface area contributed by atoms with Crippen LogP contribution in [0.1, 0.15) is 55.3 Å². The first-order chi connectivity index (χ1) is 22.3. The molecule has 0 radical (unpaired) electrons. The summed E-state index contributed by atoms with van der Waals surface area (Å²) in [4.78, 5) is 47.6. The van der Waals surface area contributed by atoms with E-state index in [4.69, 9.17) is 4.74 Å². The average molecular weight is 646 g/mol. The number of amides is 2. The third-order valence-corrected chi connectivity index (χ3v) is 10.3. The highest BCUT2D eigenvalue weighted by atomic mass is 32.1. The van der Waals surface area contributed by atoms with Gasteiger partial charge in [-0.25, -0.2) is 19.3 Å². The first-order valence-corrected chi connectivity index (χ1v) is 16.6. The molecule has 0 spiro atoms. The minimum absolute atomic E-state index is 0.0227. The van der Waals surface area contributed by atoms with Crippen molar-refractivity contribution < 1.29 is 23.8 Å². The van der Waals surface area contributed by atoms with E-state index in [0.29, 0.717) is 30.6 Å². The van der Waals surface area contributed by atoms with Crippen LogP contribution < -0.4 is 5.32 Å². The molecule has 1 aliphatic heterocycles. The Hall–Kier alpha value is -3.91. The first kappa shape index (κ1) is 30.7. The highest BCUT2D eigenvalue weighted by Gasteiger charge is 2.41. The molecule has 3 aromatic heterocycles. The molecule has 0 bridgehead atoms. The molecule has 46 heavy (non-hydrogen) atoms. The molecule has 1 saturated heterocycles. The van der Waals surface area contributed by atoms with Crippen molar-refractivity contribution in [2.75, 3.05) is 25.0 Å². The zero-order chi connectivity index (χ0) is 31.8. The average Bonchev–Trinajstić information content (AvgIpc) is 3.64. The molecule has 1 aromatic carbocycles. The summed E-state index contributed by atoms with van der Waals surface area (Å²) in [6.45, 7) is 4.13. The van der Waals surface area contributed by atoms with Crippen LogP contribution in [0.3, 0.4) is 0 Å². The van der Waals surface area contributed by atoms with Crippen molar-refractivity contribution in [3.05, 3.63) is 66.3 Å². The number of rotatable bonds is 8. The second-order valence-electron chi connectivity index (χ2n) is 12.4. The summed E-state index contributed by atoms with van der Waals surface area (Å²) in [5.41, 5.74) is 2.76. The highest BCUT2D eigenvalue weighted by Crippen LogP contribution is 2.36. The van der Waals surface area contributed by atoms with Crippen LogP contribution in [0.2, 0.25) is 0 Å². The number of carbonyl (C=O) groups excluding carboxylic acids is 2. The smallest absolute Gasteiger partial charge is 0.272 e. The number of hydrogen-bond acceptors (Lipinski definition) is 10. The van der Waals surface area contributed by atoms with E-state index < -0.39 is 11.9 Å². The van der Waals surface area contributed by atoms with Gasteiger partial charge >= 0.3 is 0 Å². The molecular formula is C33H36FN7O4S. The Bertz CT molecular complexity index is 1730. The number of piperazine rings is 1. The van der Waals surface area contributed by atoms with Gasteiger partial charge in [-0.15, -0.1) is 0 Å². The van der Waals surface area contributed by atoms with Crippen LogP contribution in [0.15, 0.2) is 48.9 Å². The normalized spacial score (nSPS) is 25.0. The summed E-state index contributed by atoms with van der Waals surface area (Å²) < 4.78 is 20.3. The van der Waals surface area contributed by atoms with Crippen molar-refractivity contribution in [2.45, 2.75) is 69.9 Å². The number of ether oxygens (including phenoxy) is 1. The van der Waals surface area contributed by atoms with E-state index in [-0.39, 0.29) is 48.2 Å². The number of aliphatic hydroxyl groups excluding tert-OH is 1. The zero-order valence-electron chi connectivity index (χ0n) is 25.5. The molecule has 3 aliphatic rings. The van der Waals surface area contributed by atoms with Gasteiger partial charge in [-0.2, -0.15) is 0 Å². The van der Waals surface area contributed by atoms with Crippen molar-refractivity contribution in [1.29, 1.82) is 0 Å². The minimum Gasteiger partial charge on any atom is -0.390 e. The number of hydrogen-bond donors (Lipinski definition) is 2. The topological polar surface area (TPSA) is 134 Å². The van der Waals surface area contributed by atoms with E-state index >= 15 is 0 Å². The lowest BCUT2D eigenvalue weighted by atomic mass is 9.78. The minimum atomic E-state index is -0.472. The second-order valence-corrected chi connectivity index (χ2v) is 13.5. The number of aromatic nitrogens is 4. The molecule has 13 heteroatoms. The van der Waals surface area contributed by atoms with Crippen molar-refractivity contribution in [2.24, 2.45) is 5.92 Å². The van der Waals surface area contributed by atoms with Crippen LogP contribution >= 0.6 is 11.3 Å². The van der Waals surface area contributed by atoms with E-state index in [1.54, 1.807) is 17.3 Å². The summed E-state index contributed by atoms with van der Waals surface area (Å²) >= 11 is 1.44. The van der Waals surface area contributed by atoms with Crippen molar-refractivity contribution >= 4 is 38.5 Å². The van der Waals surface area contributed by atoms with Gasteiger partial charge in [0.25, 0.3) is 5.91 Å². The van der Waals surface area contributed by atoms with Gasteiger partial charge in [-0.05, 0) is 62.8 Å². The third kappa shape index (κ3) is 6.50. The molecule has 4 heterocycles. The summed E-state index contributed by atoms with van der Waals surface area (Å²) in [7, 11) is 0. The molecule has 11 nitrogen and oxygen atoms in total. The number of halogens is 1. The molecule has 3 atom stereocenters. The summed E-state index contributed by atoms with van der Waals surface area (Å²) in [6, 6.07) is 8.74. The first-order valence-electron chi connectivity index (χ1n) is 15.8. The van der Waals surface area contributed by atoms with Crippen molar-refractivity contribution in [3.63, 3.8) is 0 Å². The number of fused-ring (bicyclic) bond motifs is 1. The Morgan fingerprint density at radius 3 is 2.65 bits per heavy atom. The van der Waals surface area contributed by atoms with Crippen molar-refractivity contribution in [3.8, 4) is 11.1 Å². The molecule has 2 saturated carbocycles. The number of anilines is 1. The maximum absolute atomic E-state index is 13.6. The number of pyridine rings is 1. The molecule has 0 unspecified atom stereocenters. The van der Waals surface area contributed by atoms with Crippen LogP contribution in [-0.4, -0.2) is 90.6 Å². The Labute approximate surface area is 269 Å². The summed E-state index contributed by atoms with van der Waals surface area (Å²) in [5.74, 6) is -0.263. The summed E-state index contributed by atoms with van der Waals surface area (Å²) in [5, 5.41) is 13.5. The predicted molar refractivity (Wildman–Crippen MR) is 170 cm³/mol. The van der Waals surface area contributed by atoms with E-state index in [1.165, 1.54) is 29.7 Å². The molecule has 2 aliphatic carbocycles. The molecule has 240 valence electrons. The van der Waals surface area contributed by atoms with E-state index in [0.717, 1.165) is 53.4 Å². The third-order valence-electron chi connectivity index (χ3n) is 9.36. The van der Waals surface area contributed by atoms with Gasteiger partial charge in [0.1, 0.15) is 18.1 Å². The quantitative estimate of drug-likeness (QED) is 0.288. The van der Waals surface area contributed by atoms with E-state index in [2.05, 4.69) is 37.1 Å². The van der Waals surface area contributed by atoms with Crippen LogP contribution in [0.25, 0.3) is 21.3 Å². The van der Waals surface area contributed by atoms with Gasteiger partial charge in [-0.3, -0.25) is 19.5 Å². The number of thiazole rings is 1. The predicted octanol–water partition coefficient (Wildman–Crippen LogP) is 4.28. The Kier molecular flexibility index (Phi) is 8.73. The number of carbonyl (C=O) groups is 2. The molecular weight excluding hydrogens is 609 g/mol. The fraction of sp³-hybridized carbons (Fsp3) is 0.455. The highest BCUT2D eigenvalue weighted by molar-refractivity contribution is 7.22. The fourth-order valence-electron chi connectivity index (χ4n) is 6.68. The zero-order valence-corrected chi connectivity index (χ0v) is 26.3. The van der Waals surface area contributed by atoms with Crippen LogP contribution in [-0.2, 0) is 16.1 Å². The number of nitrogens with one attached hydrogen (secondary N) is 1. The Morgan fingerprint density at radius 2 is 1.91 bits per heavy atom. The monoisotopic (exact) mass is 645 g/mol. The number of benzene rings is 1. The van der Waals surface area contributed by atoms with E-state index in [9.17, 15) is 19.1 Å². The van der Waals surface area contributed by atoms with Gasteiger partial charge in [0.2, 0.25) is 5.91 Å². The lowest BCUT2D eigenvalue weighted by Gasteiger charge is -2.49. The van der Waals surface area contributed by atoms with Crippen LogP contribution in [0.5, 0.6) is 0 Å². The molecule has 3 fully saturated rings. The largest absolute Gasteiger partial charge is 0.390 e. The maximum atomic E-state index is 13.6. The summed E-state index contributed by atoms with van der Waals surface area (Å²) in [6.07, 6.45) is 8.43. The maximum Gasteiger partial charge on any atom is 0.272 e. The van der Waals surface area contributed by atoms with E-state index in [1.807, 2.05) is 18.2 Å². The van der Waals surface area contributed by atoms with Crippen LogP contribution in [0, 0.1) is 11.7 Å². The molecule has 4 aromatic rings. The second kappa shape index (κ2) is 13.1. The van der Waals surface area contributed by atoms with Gasteiger partial charge < -0.3 is 20.1 Å². The Morgan fingerprint density at radius 1 is 1.09 bits per heavy atom. The molecule has 2 amide bonds. The van der Waals surface area contributed by atoms with Gasteiger partial charge in [-0.1, -0.05) is 17.4 Å². The standard InChI is InChI=1S/C33H36FN7O4S/c1-19-17-40(32(44)26-14-23(34)7-8-35-26)9-10-41(19)24-11-21(12-24)31(43)39-33-38-25-6-5-20(13-29(25)46-33)22-15-36-30(37-16-22)18-45-28-4-2-3-27(28)42/h5-8,13-16,19,21,24,27-28,42H,2-4,9-12,17-18H2,1H3,(H,38,39,43)/t19-,21?,24?,27-,28-/m0/s1.